The average Bonchev–Trinajstić information content (AvgIpc) is 3.14. The minimum Gasteiger partial charge on any atom is -0.353 e. The molecule has 1 aliphatic rings. The fourth-order valence-electron chi connectivity index (χ4n) is 3.96. The predicted octanol–water partition coefficient (Wildman–Crippen LogP) is 2.25. The van der Waals surface area contributed by atoms with Gasteiger partial charge in [-0.05, 0) is 25.3 Å². The molecule has 0 radical (unpaired) electrons. The molecule has 0 N–H and O–H groups in total. The van der Waals surface area contributed by atoms with Gasteiger partial charge >= 0.3 is 0 Å². The van der Waals surface area contributed by atoms with Crippen LogP contribution in [0.1, 0.15) is 22.0 Å². The molecule has 0 atom stereocenters. The van der Waals surface area contributed by atoms with Gasteiger partial charge in [-0.3, -0.25) is 14.2 Å². The van der Waals surface area contributed by atoms with Gasteiger partial charge in [0.05, 0.1) is 0 Å². The molecule has 1 aliphatic heterocycles. The van der Waals surface area contributed by atoms with Crippen LogP contribution in [-0.4, -0.2) is 61.6 Å². The summed E-state index contributed by atoms with van der Waals surface area (Å²) in [6, 6.07) is 11.8. The van der Waals surface area contributed by atoms with Crippen LogP contribution in [0.2, 0.25) is 0 Å². The van der Waals surface area contributed by atoms with E-state index in [2.05, 4.69) is 25.1 Å². The van der Waals surface area contributed by atoms with Crippen LogP contribution in [0.5, 0.6) is 0 Å². The maximum absolute atomic E-state index is 13.1. The summed E-state index contributed by atoms with van der Waals surface area (Å²) in [6.45, 7) is 6.63. The van der Waals surface area contributed by atoms with Crippen LogP contribution in [0, 0.1) is 13.8 Å². The van der Waals surface area contributed by atoms with E-state index in [1.165, 1.54) is 0 Å². The molecule has 146 valence electrons. The SMILES string of the molecule is Cc1cc(N2CCN(C(=O)c3nccc4ccccc34)CC2)nc2nnc(C)n12. The number of anilines is 1. The lowest BCUT2D eigenvalue weighted by molar-refractivity contribution is 0.0743. The van der Waals surface area contributed by atoms with E-state index in [4.69, 9.17) is 0 Å². The number of hydrogen-bond acceptors (Lipinski definition) is 6. The summed E-state index contributed by atoms with van der Waals surface area (Å²) in [5.74, 6) is 2.29. The number of aromatic nitrogens is 5. The summed E-state index contributed by atoms with van der Waals surface area (Å²) in [6.07, 6.45) is 1.70. The zero-order valence-corrected chi connectivity index (χ0v) is 16.4. The Hall–Kier alpha value is -3.55. The van der Waals surface area contributed by atoms with Gasteiger partial charge in [0, 0.05) is 49.5 Å². The molecule has 0 bridgehead atoms. The third-order valence-electron chi connectivity index (χ3n) is 5.48. The third-order valence-corrected chi connectivity index (χ3v) is 5.48. The van der Waals surface area contributed by atoms with E-state index in [0.29, 0.717) is 37.7 Å². The Morgan fingerprint density at radius 1 is 1.00 bits per heavy atom. The van der Waals surface area contributed by atoms with Crippen molar-refractivity contribution in [2.24, 2.45) is 0 Å². The second-order valence-electron chi connectivity index (χ2n) is 7.30. The molecule has 0 spiro atoms. The number of benzene rings is 1. The first-order valence-electron chi connectivity index (χ1n) is 9.69. The highest BCUT2D eigenvalue weighted by molar-refractivity contribution is 6.05. The second-order valence-corrected chi connectivity index (χ2v) is 7.30. The van der Waals surface area contributed by atoms with E-state index in [9.17, 15) is 4.79 Å². The Morgan fingerprint density at radius 2 is 1.79 bits per heavy atom. The maximum Gasteiger partial charge on any atom is 0.273 e. The number of rotatable bonds is 2. The fourth-order valence-corrected chi connectivity index (χ4v) is 3.96. The quantitative estimate of drug-likeness (QED) is 0.525. The fraction of sp³-hybridized carbons (Fsp3) is 0.286. The Morgan fingerprint density at radius 3 is 2.62 bits per heavy atom. The summed E-state index contributed by atoms with van der Waals surface area (Å²) < 4.78 is 1.94. The van der Waals surface area contributed by atoms with Crippen LogP contribution >= 0.6 is 0 Å². The van der Waals surface area contributed by atoms with Gasteiger partial charge < -0.3 is 9.80 Å². The van der Waals surface area contributed by atoms with Gasteiger partial charge in [0.2, 0.25) is 0 Å². The molecule has 0 saturated carbocycles. The van der Waals surface area contributed by atoms with Crippen molar-refractivity contribution >= 4 is 28.3 Å². The monoisotopic (exact) mass is 387 g/mol. The summed E-state index contributed by atoms with van der Waals surface area (Å²) >= 11 is 0. The zero-order chi connectivity index (χ0) is 20.0. The lowest BCUT2D eigenvalue weighted by Gasteiger charge is -2.35. The number of hydrogen-bond donors (Lipinski definition) is 0. The highest BCUT2D eigenvalue weighted by Gasteiger charge is 2.25. The molecule has 8 nitrogen and oxygen atoms in total. The van der Waals surface area contributed by atoms with Crippen molar-refractivity contribution in [1.82, 2.24) is 29.5 Å². The van der Waals surface area contributed by atoms with Gasteiger partial charge in [-0.1, -0.05) is 24.3 Å². The molecule has 8 heteroatoms. The lowest BCUT2D eigenvalue weighted by Crippen LogP contribution is -2.49. The van der Waals surface area contributed by atoms with Crippen molar-refractivity contribution in [1.29, 1.82) is 0 Å². The van der Waals surface area contributed by atoms with Crippen LogP contribution in [0.3, 0.4) is 0 Å². The number of pyridine rings is 1. The highest BCUT2D eigenvalue weighted by atomic mass is 16.2. The number of fused-ring (bicyclic) bond motifs is 2. The van der Waals surface area contributed by atoms with Crippen molar-refractivity contribution in [3.63, 3.8) is 0 Å². The number of aryl methyl sites for hydroxylation is 2. The minimum absolute atomic E-state index is 0.0193. The Kier molecular flexibility index (Phi) is 4.12. The Bertz CT molecular complexity index is 1220. The molecule has 0 aliphatic carbocycles. The van der Waals surface area contributed by atoms with Gasteiger partial charge in [-0.2, -0.15) is 4.98 Å². The molecule has 1 aromatic carbocycles. The highest BCUT2D eigenvalue weighted by Crippen LogP contribution is 2.21. The van der Waals surface area contributed by atoms with Crippen molar-refractivity contribution in [3.05, 3.63) is 59.8 Å². The summed E-state index contributed by atoms with van der Waals surface area (Å²) in [7, 11) is 0. The first kappa shape index (κ1) is 17.5. The maximum atomic E-state index is 13.1. The van der Waals surface area contributed by atoms with Crippen molar-refractivity contribution in [2.45, 2.75) is 13.8 Å². The number of piperazine rings is 1. The number of amides is 1. The molecule has 1 fully saturated rings. The average molecular weight is 387 g/mol. The number of nitrogens with zero attached hydrogens (tertiary/aromatic N) is 7. The summed E-state index contributed by atoms with van der Waals surface area (Å²) in [4.78, 5) is 26.2. The van der Waals surface area contributed by atoms with Crippen molar-refractivity contribution in [2.75, 3.05) is 31.1 Å². The molecule has 5 rings (SSSR count). The van der Waals surface area contributed by atoms with Gasteiger partial charge in [0.15, 0.2) is 0 Å². The molecule has 1 saturated heterocycles. The molecular weight excluding hydrogens is 366 g/mol. The molecule has 29 heavy (non-hydrogen) atoms. The molecule has 0 unspecified atom stereocenters. The Balaban J connectivity index is 1.36. The van der Waals surface area contributed by atoms with Crippen molar-refractivity contribution < 1.29 is 4.79 Å². The standard InChI is InChI=1S/C21H21N7O/c1-14-13-18(23-21-25-24-15(2)28(14)21)26-9-11-27(12-10-26)20(29)19-17-6-4-3-5-16(17)7-8-22-19/h3-8,13H,9-12H2,1-2H3. The smallest absolute Gasteiger partial charge is 0.273 e. The van der Waals surface area contributed by atoms with E-state index < -0.39 is 0 Å². The molecular formula is C21H21N7O. The topological polar surface area (TPSA) is 79.5 Å². The summed E-state index contributed by atoms with van der Waals surface area (Å²) in [5.41, 5.74) is 1.57. The van der Waals surface area contributed by atoms with Crippen LogP contribution in [0.4, 0.5) is 5.82 Å². The number of carbonyl (C=O) groups excluding carboxylic acids is 1. The number of carbonyl (C=O) groups is 1. The van der Waals surface area contributed by atoms with Gasteiger partial charge in [0.25, 0.3) is 11.7 Å². The zero-order valence-electron chi connectivity index (χ0n) is 16.4. The predicted molar refractivity (Wildman–Crippen MR) is 110 cm³/mol. The van der Waals surface area contributed by atoms with Crippen molar-refractivity contribution in [3.8, 4) is 0 Å². The first-order valence-corrected chi connectivity index (χ1v) is 9.69. The molecule has 3 aromatic heterocycles. The normalized spacial score (nSPS) is 14.7. The third kappa shape index (κ3) is 2.97. The van der Waals surface area contributed by atoms with Crippen LogP contribution < -0.4 is 4.90 Å². The van der Waals surface area contributed by atoms with E-state index in [0.717, 1.165) is 28.1 Å². The first-order chi connectivity index (χ1) is 14.1. The van der Waals surface area contributed by atoms with E-state index >= 15 is 0 Å². The molecule has 1 amide bonds. The largest absolute Gasteiger partial charge is 0.353 e. The van der Waals surface area contributed by atoms with E-state index in [-0.39, 0.29) is 5.91 Å². The van der Waals surface area contributed by atoms with Crippen LogP contribution in [0.15, 0.2) is 42.6 Å². The van der Waals surface area contributed by atoms with Crippen LogP contribution in [0.25, 0.3) is 16.6 Å². The molecule has 4 heterocycles. The van der Waals surface area contributed by atoms with Gasteiger partial charge in [-0.15, -0.1) is 10.2 Å². The second kappa shape index (κ2) is 6.80. The van der Waals surface area contributed by atoms with E-state index in [1.807, 2.05) is 59.5 Å². The summed E-state index contributed by atoms with van der Waals surface area (Å²) in [5, 5.41) is 10.2. The molecule has 4 aromatic rings. The van der Waals surface area contributed by atoms with Crippen LogP contribution in [-0.2, 0) is 0 Å². The lowest BCUT2D eigenvalue weighted by atomic mass is 10.1. The van der Waals surface area contributed by atoms with Gasteiger partial charge in [-0.25, -0.2) is 0 Å². The minimum atomic E-state index is -0.0193. The Labute approximate surface area is 167 Å². The van der Waals surface area contributed by atoms with Gasteiger partial charge in [0.1, 0.15) is 17.3 Å². The van der Waals surface area contributed by atoms with E-state index in [1.54, 1.807) is 6.20 Å².